The van der Waals surface area contributed by atoms with E-state index in [4.69, 9.17) is 13.8 Å². The molecule has 11 rings (SSSR count). The van der Waals surface area contributed by atoms with Gasteiger partial charge in [0.25, 0.3) is 0 Å². The number of anilines is 4. The Kier molecular flexibility index (Phi) is 10.0. The molecule has 0 unspecified atom stereocenters. The first-order valence-corrected chi connectivity index (χ1v) is 24.7. The van der Waals surface area contributed by atoms with E-state index >= 15 is 0 Å². The Morgan fingerprint density at radius 1 is 0.614 bits per heavy atom. The van der Waals surface area contributed by atoms with E-state index in [1.165, 1.54) is 0 Å². The number of hydrogen-bond donors (Lipinski definition) is 0. The molecule has 6 nitrogen and oxygen atoms in total. The number of benzene rings is 8. The molecule has 0 amide bonds. The summed E-state index contributed by atoms with van der Waals surface area (Å²) in [4.78, 5) is 9.72. The fourth-order valence-electron chi connectivity index (χ4n) is 9.51. The van der Waals surface area contributed by atoms with Crippen LogP contribution in [0.1, 0.15) is 55.3 Å². The maximum absolute atomic E-state index is 9.45. The summed E-state index contributed by atoms with van der Waals surface area (Å²) in [6, 6.07) is 60.3. The van der Waals surface area contributed by atoms with E-state index in [2.05, 4.69) is 120 Å². The Labute approximate surface area is 432 Å². The van der Waals surface area contributed by atoms with Crippen molar-refractivity contribution in [3.05, 3.63) is 233 Å². The molecule has 8 aromatic carbocycles. The second-order valence-electron chi connectivity index (χ2n) is 18.7. The van der Waals surface area contributed by atoms with Crippen molar-refractivity contribution in [3.63, 3.8) is 0 Å². The average molecular weight is 1100 g/mol. The zero-order valence-corrected chi connectivity index (χ0v) is 41.8. The van der Waals surface area contributed by atoms with Crippen LogP contribution in [0.15, 0.2) is 218 Å². The molecule has 70 heavy (non-hydrogen) atoms. The van der Waals surface area contributed by atoms with Crippen LogP contribution >= 0.6 is 0 Å². The molecule has 0 saturated carbocycles. The number of hydrogen-bond acceptors (Lipinski definition) is 4. The number of fused-ring (bicyclic) bond motifs is 2. The van der Waals surface area contributed by atoms with E-state index < -0.39 is 24.5 Å². The van der Waals surface area contributed by atoms with Crippen LogP contribution in [0, 0.1) is 9.72 Å². The van der Waals surface area contributed by atoms with Gasteiger partial charge >= 0.3 is 350 Å². The Balaban J connectivity index is 1.08. The third-order valence-electron chi connectivity index (χ3n) is 12.6. The standard InChI is InChI=1S/C62H54BN5O.Pt/c1-44(2)39-45-40-59(68-58-34-18-17-33-57(58)67(50-25-13-8-14-26-50)63(68)49-23-11-7-12-24-49)64-60(41-45)69-52-28-19-27-51(42-52)65-43-66(56-32-16-15-31-55(56)65)61-53(46-21-9-6-10-22-46)29-20-30-54(61)47-35-37-48(38-36-47)62(3,4)5;/h6-38,40-42,44H,39H2,1-5H3;/i6D,9D,10D,21D,22D,39D2;. The zero-order chi connectivity index (χ0) is 54.1. The number of imidazole rings is 1. The van der Waals surface area contributed by atoms with Crippen molar-refractivity contribution in [2.75, 3.05) is 9.62 Å². The average Bonchev–Trinajstić information content (AvgIpc) is 3.99. The normalized spacial score (nSPS) is 14.2. The molecule has 1 aliphatic rings. The minimum atomic E-state index is -1.76. The van der Waals surface area contributed by atoms with E-state index in [1.54, 1.807) is 6.07 Å². The Bertz CT molecular complexity index is 3930. The number of rotatable bonds is 11. The molecule has 8 heteroatoms. The quantitative estimate of drug-likeness (QED) is 0.121. The van der Waals surface area contributed by atoms with Crippen molar-refractivity contribution in [3.8, 4) is 45.3 Å². The topological polar surface area (TPSA) is 38.5 Å². The van der Waals surface area contributed by atoms with Crippen molar-refractivity contribution >= 4 is 46.4 Å². The second kappa shape index (κ2) is 18.8. The predicted octanol–water partition coefficient (Wildman–Crippen LogP) is 15.2. The molecule has 10 aromatic rings. The van der Waals surface area contributed by atoms with Crippen LogP contribution in [0.3, 0.4) is 0 Å². The summed E-state index contributed by atoms with van der Waals surface area (Å²) in [7, 11) is 0. The summed E-state index contributed by atoms with van der Waals surface area (Å²) in [6.45, 7) is 9.89. The first kappa shape index (κ1) is 37.4. The van der Waals surface area contributed by atoms with Gasteiger partial charge in [-0.1, -0.05) is 60.7 Å². The molecule has 2 aromatic heterocycles. The molecule has 0 aliphatic carbocycles. The number of ether oxygens (including phenoxy) is 1. The third-order valence-corrected chi connectivity index (χ3v) is 13.6. The van der Waals surface area contributed by atoms with Gasteiger partial charge in [0.2, 0.25) is 0 Å². The summed E-state index contributed by atoms with van der Waals surface area (Å²) < 4.78 is 75.0. The molecule has 0 fully saturated rings. The monoisotopic (exact) mass is 1100 g/mol. The molecule has 0 radical (unpaired) electrons. The van der Waals surface area contributed by atoms with Gasteiger partial charge in [-0.25, -0.2) is 0 Å². The maximum atomic E-state index is 9.45. The van der Waals surface area contributed by atoms with E-state index in [1.807, 2.05) is 135 Å². The van der Waals surface area contributed by atoms with Gasteiger partial charge in [-0.15, -0.1) is 0 Å². The summed E-state index contributed by atoms with van der Waals surface area (Å²) in [6.07, 6.45) is -1.76. The molecule has 0 atom stereocenters. The van der Waals surface area contributed by atoms with Gasteiger partial charge < -0.3 is 0 Å². The van der Waals surface area contributed by atoms with Gasteiger partial charge in [-0.3, -0.25) is 0 Å². The molecule has 346 valence electrons. The number of aromatic nitrogens is 3. The molecule has 0 saturated heterocycles. The van der Waals surface area contributed by atoms with E-state index in [9.17, 15) is 5.48 Å². The van der Waals surface area contributed by atoms with Crippen LogP contribution in [0.25, 0.3) is 44.7 Å². The van der Waals surface area contributed by atoms with Gasteiger partial charge in [-0.05, 0) is 18.2 Å². The molecule has 0 bridgehead atoms. The Hall–Kier alpha value is -7.47. The molecular formula is C62H54BN5OPt. The van der Waals surface area contributed by atoms with E-state index in [0.29, 0.717) is 28.4 Å². The molecular weight excluding hydrogens is 1040 g/mol. The predicted molar refractivity (Wildman–Crippen MR) is 287 cm³/mol. The fourth-order valence-corrected chi connectivity index (χ4v) is 10.6. The van der Waals surface area contributed by atoms with Crippen molar-refractivity contribution in [1.29, 1.82) is 0 Å². The summed E-state index contributed by atoms with van der Waals surface area (Å²) in [5.74, 6) is 0.829. The summed E-state index contributed by atoms with van der Waals surface area (Å²) >= 11 is 2.32. The zero-order valence-electron chi connectivity index (χ0n) is 46.5. The molecule has 1 aliphatic heterocycles. The fraction of sp³-hybridized carbons (Fsp3) is 0.129. The van der Waals surface area contributed by atoms with Crippen LogP contribution in [0.5, 0.6) is 11.6 Å². The van der Waals surface area contributed by atoms with Gasteiger partial charge in [0, 0.05) is 5.69 Å². The van der Waals surface area contributed by atoms with Gasteiger partial charge in [-0.2, -0.15) is 0 Å². The first-order valence-electron chi connectivity index (χ1n) is 27.0. The second-order valence-corrected chi connectivity index (χ2v) is 19.7. The number of para-hydroxylation sites is 6. The van der Waals surface area contributed by atoms with E-state index in [0.717, 1.165) is 59.7 Å². The van der Waals surface area contributed by atoms with Crippen molar-refractivity contribution in [2.24, 2.45) is 5.92 Å². The molecule has 0 N–H and O–H groups in total. The van der Waals surface area contributed by atoms with Crippen LogP contribution in [-0.4, -0.2) is 21.1 Å². The van der Waals surface area contributed by atoms with E-state index in [-0.39, 0.29) is 41.8 Å². The third kappa shape index (κ3) is 8.54. The van der Waals surface area contributed by atoms with Crippen molar-refractivity contribution in [2.45, 2.75) is 46.4 Å². The Morgan fingerprint density at radius 3 is 1.90 bits per heavy atom. The van der Waals surface area contributed by atoms with Crippen LogP contribution in [-0.2, 0) is 31.1 Å². The summed E-state index contributed by atoms with van der Waals surface area (Å²) in [5.41, 5.74) is 10.8. The SMILES string of the molecule is [2H]c1c([2H])c([2H])c(-c2cccc(-c3ccc(C(C)(C)C)cc3)c2-n2[c](=[Pt])n(-c3cccc(Oc4cc(C([2H])([2H])C(C)C)cc(N5B(c6ccccc6)N(c6ccccc6)c6ccccc65)n4)c3)c3ccccc32)c([2H])c1[2H]. The molecule has 3 heterocycles. The van der Waals surface area contributed by atoms with Gasteiger partial charge in [0.1, 0.15) is 0 Å². The van der Waals surface area contributed by atoms with Crippen LogP contribution < -0.4 is 19.8 Å². The molecule has 0 spiro atoms. The van der Waals surface area contributed by atoms with Crippen LogP contribution in [0.4, 0.5) is 22.9 Å². The Morgan fingerprint density at radius 2 is 1.21 bits per heavy atom. The first-order chi connectivity index (χ1) is 36.9. The van der Waals surface area contributed by atoms with Crippen molar-refractivity contribution in [1.82, 2.24) is 14.1 Å². The summed E-state index contributed by atoms with van der Waals surface area (Å²) in [5, 5.41) is 0. The minimum absolute atomic E-state index is 0.0918. The van der Waals surface area contributed by atoms with Crippen LogP contribution in [0.2, 0.25) is 0 Å². The number of nitrogens with zero attached hydrogens (tertiary/aromatic N) is 5. The van der Waals surface area contributed by atoms with Crippen molar-refractivity contribution < 1.29 is 33.7 Å². The van der Waals surface area contributed by atoms with Gasteiger partial charge in [0.15, 0.2) is 0 Å². The number of pyridine rings is 1. The van der Waals surface area contributed by atoms with Gasteiger partial charge in [0.05, 0.1) is 0 Å².